The number of rotatable bonds is 3. The summed E-state index contributed by atoms with van der Waals surface area (Å²) in [6.07, 6.45) is 1.24. The van der Waals surface area contributed by atoms with Crippen LogP contribution >= 0.6 is 0 Å². The number of hydrogen-bond donors (Lipinski definition) is 3. The zero-order valence-electron chi connectivity index (χ0n) is 17.8. The number of aliphatic hydroxyl groups excluding tert-OH is 1. The molecule has 1 amide bonds. The molecule has 4 heterocycles. The Hall–Kier alpha value is -3.81. The number of fused-ring (bicyclic) bond motifs is 1. The highest BCUT2D eigenvalue weighted by Crippen LogP contribution is 2.32. The standard InChI is InChI=1S/C23H21FN6O3/c1-23(33)12-29(7-5-18(23)31)19-6-8-30(28-19)17-9-15(27-16-11-26-22(32)21(16)17)20-13(10-25)3-2-4-14(20)24/h2-4,6,8-9,18,31,33H,5,7,11-12H2,1H3,(H,26,32). The minimum absolute atomic E-state index is 0.0665. The Morgan fingerprint density at radius 3 is 2.91 bits per heavy atom. The molecule has 1 fully saturated rings. The van der Waals surface area contributed by atoms with Gasteiger partial charge >= 0.3 is 0 Å². The zero-order chi connectivity index (χ0) is 23.3. The first-order valence-corrected chi connectivity index (χ1v) is 10.5. The third-order valence-corrected chi connectivity index (χ3v) is 6.15. The second-order valence-electron chi connectivity index (χ2n) is 8.51. The maximum absolute atomic E-state index is 14.7. The summed E-state index contributed by atoms with van der Waals surface area (Å²) in [5.41, 5.74) is 0.358. The van der Waals surface area contributed by atoms with Crippen LogP contribution in [0.1, 0.15) is 35.0 Å². The van der Waals surface area contributed by atoms with Gasteiger partial charge in [-0.05, 0) is 31.5 Å². The van der Waals surface area contributed by atoms with Crippen LogP contribution in [0.3, 0.4) is 0 Å². The molecule has 0 saturated carbocycles. The van der Waals surface area contributed by atoms with Gasteiger partial charge in [0.15, 0.2) is 5.82 Å². The number of hydrogen-bond acceptors (Lipinski definition) is 7. The lowest BCUT2D eigenvalue weighted by Crippen LogP contribution is -2.55. The number of nitriles is 1. The van der Waals surface area contributed by atoms with Crippen LogP contribution < -0.4 is 10.2 Å². The highest BCUT2D eigenvalue weighted by atomic mass is 19.1. The van der Waals surface area contributed by atoms with Crippen molar-refractivity contribution in [3.05, 3.63) is 59.2 Å². The molecule has 1 saturated heterocycles. The molecule has 0 bridgehead atoms. The maximum Gasteiger partial charge on any atom is 0.255 e. The van der Waals surface area contributed by atoms with Crippen molar-refractivity contribution < 1.29 is 19.4 Å². The van der Waals surface area contributed by atoms with E-state index in [4.69, 9.17) is 0 Å². The van der Waals surface area contributed by atoms with Crippen LogP contribution in [0, 0.1) is 17.1 Å². The highest BCUT2D eigenvalue weighted by Gasteiger charge is 2.37. The first-order valence-electron chi connectivity index (χ1n) is 10.5. The molecule has 5 rings (SSSR count). The summed E-state index contributed by atoms with van der Waals surface area (Å²) in [7, 11) is 0. The number of piperidine rings is 1. The van der Waals surface area contributed by atoms with Crippen molar-refractivity contribution in [2.75, 3.05) is 18.0 Å². The van der Waals surface area contributed by atoms with Gasteiger partial charge in [-0.2, -0.15) is 10.4 Å². The van der Waals surface area contributed by atoms with Crippen molar-refractivity contribution in [1.82, 2.24) is 20.1 Å². The molecule has 3 N–H and O–H groups in total. The topological polar surface area (TPSA) is 127 Å². The number of carbonyl (C=O) groups excluding carboxylic acids is 1. The van der Waals surface area contributed by atoms with E-state index in [9.17, 15) is 24.7 Å². The summed E-state index contributed by atoms with van der Waals surface area (Å²) in [6.45, 7) is 2.47. The Morgan fingerprint density at radius 2 is 2.15 bits per heavy atom. The third-order valence-electron chi connectivity index (χ3n) is 6.15. The summed E-state index contributed by atoms with van der Waals surface area (Å²) >= 11 is 0. The first kappa shape index (κ1) is 21.1. The lowest BCUT2D eigenvalue weighted by molar-refractivity contribution is -0.0693. The fourth-order valence-corrected chi connectivity index (χ4v) is 4.37. The number of anilines is 1. The number of aromatic nitrogens is 3. The minimum atomic E-state index is -1.27. The fourth-order valence-electron chi connectivity index (χ4n) is 4.37. The number of amides is 1. The monoisotopic (exact) mass is 448 g/mol. The molecule has 2 unspecified atom stereocenters. The lowest BCUT2D eigenvalue weighted by Gasteiger charge is -2.40. The Balaban J connectivity index is 1.60. The van der Waals surface area contributed by atoms with Gasteiger partial charge in [0.2, 0.25) is 0 Å². The van der Waals surface area contributed by atoms with Crippen LogP contribution in [0.25, 0.3) is 16.9 Å². The van der Waals surface area contributed by atoms with Crippen molar-refractivity contribution in [2.24, 2.45) is 0 Å². The van der Waals surface area contributed by atoms with E-state index >= 15 is 0 Å². The minimum Gasteiger partial charge on any atom is -0.390 e. The summed E-state index contributed by atoms with van der Waals surface area (Å²) in [5.74, 6) is -0.328. The van der Waals surface area contributed by atoms with Crippen molar-refractivity contribution in [1.29, 1.82) is 5.26 Å². The summed E-state index contributed by atoms with van der Waals surface area (Å²) in [4.78, 5) is 18.9. The summed E-state index contributed by atoms with van der Waals surface area (Å²) in [6, 6.07) is 9.52. The number of benzene rings is 1. The van der Waals surface area contributed by atoms with Gasteiger partial charge in [0.05, 0.1) is 59.0 Å². The van der Waals surface area contributed by atoms with Gasteiger partial charge in [0, 0.05) is 18.8 Å². The molecular weight excluding hydrogens is 427 g/mol. The number of aliphatic hydroxyl groups is 2. The third kappa shape index (κ3) is 3.51. The van der Waals surface area contributed by atoms with Crippen molar-refractivity contribution >= 4 is 11.7 Å². The molecule has 0 spiro atoms. The molecule has 9 nitrogen and oxygen atoms in total. The van der Waals surface area contributed by atoms with Gasteiger partial charge in [-0.15, -0.1) is 0 Å². The second kappa shape index (κ2) is 7.65. The van der Waals surface area contributed by atoms with Crippen molar-refractivity contribution in [2.45, 2.75) is 31.6 Å². The van der Waals surface area contributed by atoms with Gasteiger partial charge in [-0.1, -0.05) is 6.07 Å². The van der Waals surface area contributed by atoms with E-state index in [-0.39, 0.29) is 35.8 Å². The normalized spacial score (nSPS) is 22.1. The van der Waals surface area contributed by atoms with Crippen LogP contribution in [0.5, 0.6) is 0 Å². The van der Waals surface area contributed by atoms with Crippen molar-refractivity contribution in [3.63, 3.8) is 0 Å². The molecule has 2 aromatic heterocycles. The molecule has 3 aromatic rings. The predicted molar refractivity (Wildman–Crippen MR) is 116 cm³/mol. The zero-order valence-corrected chi connectivity index (χ0v) is 17.8. The SMILES string of the molecule is CC1(O)CN(c2ccn(-c3cc(-c4c(F)cccc4C#N)nc4c3C(=O)NC4)n2)CCC1O. The number of nitrogens with one attached hydrogen (secondary N) is 1. The van der Waals surface area contributed by atoms with Crippen LogP contribution in [-0.2, 0) is 6.54 Å². The van der Waals surface area contributed by atoms with Crippen LogP contribution in [0.15, 0.2) is 36.5 Å². The molecule has 2 aliphatic rings. The van der Waals surface area contributed by atoms with Gasteiger partial charge in [-0.25, -0.2) is 14.1 Å². The van der Waals surface area contributed by atoms with Gasteiger partial charge in [0.25, 0.3) is 5.91 Å². The summed E-state index contributed by atoms with van der Waals surface area (Å²) < 4.78 is 16.2. The van der Waals surface area contributed by atoms with E-state index in [1.54, 1.807) is 25.3 Å². The molecule has 2 aliphatic heterocycles. The number of β-amino-alcohol motifs (C(OH)–C–C–N with tert-alkyl or cyclic N) is 1. The summed E-state index contributed by atoms with van der Waals surface area (Å²) in [5, 5.41) is 37.2. The van der Waals surface area contributed by atoms with Crippen LogP contribution in [0.4, 0.5) is 10.2 Å². The molecule has 2 atom stereocenters. The average Bonchev–Trinajstić information content (AvgIpc) is 3.42. The Bertz CT molecular complexity index is 1310. The fraction of sp³-hybridized carbons (Fsp3) is 0.304. The largest absolute Gasteiger partial charge is 0.390 e. The van der Waals surface area contributed by atoms with E-state index in [1.807, 2.05) is 11.0 Å². The number of carbonyl (C=O) groups is 1. The quantitative estimate of drug-likeness (QED) is 0.554. The van der Waals surface area contributed by atoms with E-state index < -0.39 is 17.5 Å². The molecular formula is C23H21FN6O3. The number of pyridine rings is 1. The molecule has 0 aliphatic carbocycles. The lowest BCUT2D eigenvalue weighted by atomic mass is 9.92. The van der Waals surface area contributed by atoms with E-state index in [0.717, 1.165) is 0 Å². The smallest absolute Gasteiger partial charge is 0.255 e. The Kier molecular flexibility index (Phi) is 4.88. The molecule has 33 heavy (non-hydrogen) atoms. The van der Waals surface area contributed by atoms with E-state index in [0.29, 0.717) is 35.7 Å². The first-order chi connectivity index (χ1) is 15.8. The van der Waals surface area contributed by atoms with Gasteiger partial charge in [0.1, 0.15) is 11.4 Å². The van der Waals surface area contributed by atoms with Crippen LogP contribution in [-0.4, -0.2) is 55.7 Å². The second-order valence-corrected chi connectivity index (χ2v) is 8.51. The Labute approximate surface area is 188 Å². The number of halogens is 1. The Morgan fingerprint density at radius 1 is 1.33 bits per heavy atom. The molecule has 1 aromatic carbocycles. The molecule has 10 heteroatoms. The molecule has 168 valence electrons. The van der Waals surface area contributed by atoms with E-state index in [1.165, 1.54) is 22.9 Å². The highest BCUT2D eigenvalue weighted by molar-refractivity contribution is 6.01. The maximum atomic E-state index is 14.7. The molecule has 0 radical (unpaired) electrons. The van der Waals surface area contributed by atoms with E-state index in [2.05, 4.69) is 15.4 Å². The predicted octanol–water partition coefficient (Wildman–Crippen LogP) is 1.51. The number of nitrogens with zero attached hydrogens (tertiary/aromatic N) is 5. The van der Waals surface area contributed by atoms with Gasteiger partial charge < -0.3 is 20.4 Å². The van der Waals surface area contributed by atoms with Crippen molar-refractivity contribution in [3.8, 4) is 23.0 Å². The van der Waals surface area contributed by atoms with Crippen LogP contribution in [0.2, 0.25) is 0 Å². The van der Waals surface area contributed by atoms with Gasteiger partial charge in [-0.3, -0.25) is 4.79 Å². The average molecular weight is 448 g/mol.